The molecule has 6 heteroatoms. The molecule has 138 valence electrons. The van der Waals surface area contributed by atoms with Crippen molar-refractivity contribution >= 4 is 23.4 Å². The molecule has 2 rings (SSSR count). The highest BCUT2D eigenvalue weighted by Gasteiger charge is 2.19. The lowest BCUT2D eigenvalue weighted by Crippen LogP contribution is -2.40. The van der Waals surface area contributed by atoms with Crippen LogP contribution in [0, 0.1) is 0 Å². The van der Waals surface area contributed by atoms with E-state index in [1.165, 1.54) is 0 Å². The summed E-state index contributed by atoms with van der Waals surface area (Å²) in [7, 11) is 0. The molecule has 0 aliphatic carbocycles. The standard InChI is InChI=1S/C20H24N2O4/c1-4-25-20(24)21-16-9-8-12-18(13-16)26-14-19(23)22(15(2)3)17-10-6-5-7-11-17/h5-13,15H,4,14H2,1-3H3,(H,21,24). The zero-order valence-corrected chi connectivity index (χ0v) is 15.3. The summed E-state index contributed by atoms with van der Waals surface area (Å²) in [5.41, 5.74) is 1.37. The Kier molecular flexibility index (Phi) is 7.02. The monoisotopic (exact) mass is 356 g/mol. The van der Waals surface area contributed by atoms with E-state index in [1.807, 2.05) is 44.2 Å². The van der Waals surface area contributed by atoms with Crippen molar-refractivity contribution in [2.45, 2.75) is 26.8 Å². The molecule has 0 atom stereocenters. The predicted molar refractivity (Wildman–Crippen MR) is 102 cm³/mol. The number of para-hydroxylation sites is 1. The maximum atomic E-state index is 12.6. The van der Waals surface area contributed by atoms with Gasteiger partial charge in [0.25, 0.3) is 5.91 Å². The van der Waals surface area contributed by atoms with Crippen molar-refractivity contribution in [3.63, 3.8) is 0 Å². The number of carbonyl (C=O) groups excluding carboxylic acids is 2. The molecule has 0 saturated heterocycles. The second-order valence-corrected chi connectivity index (χ2v) is 5.86. The summed E-state index contributed by atoms with van der Waals surface area (Å²) in [6.07, 6.45) is -0.532. The number of hydrogen-bond donors (Lipinski definition) is 1. The summed E-state index contributed by atoms with van der Waals surface area (Å²) >= 11 is 0. The van der Waals surface area contributed by atoms with Crippen LogP contribution in [0.1, 0.15) is 20.8 Å². The third kappa shape index (κ3) is 5.51. The molecule has 0 bridgehead atoms. The Bertz CT molecular complexity index is 732. The summed E-state index contributed by atoms with van der Waals surface area (Å²) in [6, 6.07) is 16.3. The summed E-state index contributed by atoms with van der Waals surface area (Å²) in [5, 5.41) is 2.60. The van der Waals surface area contributed by atoms with Gasteiger partial charge in [-0.15, -0.1) is 0 Å². The van der Waals surface area contributed by atoms with Crippen LogP contribution in [0.4, 0.5) is 16.2 Å². The molecule has 26 heavy (non-hydrogen) atoms. The second-order valence-electron chi connectivity index (χ2n) is 5.86. The van der Waals surface area contributed by atoms with Gasteiger partial charge < -0.3 is 14.4 Å². The second kappa shape index (κ2) is 9.46. The van der Waals surface area contributed by atoms with E-state index in [2.05, 4.69) is 5.32 Å². The SMILES string of the molecule is CCOC(=O)Nc1cccc(OCC(=O)N(c2ccccc2)C(C)C)c1. The Balaban J connectivity index is 2.01. The molecule has 1 N–H and O–H groups in total. The minimum absolute atomic E-state index is 0.00492. The molecule has 0 aliphatic heterocycles. The molecular weight excluding hydrogens is 332 g/mol. The van der Waals surface area contributed by atoms with E-state index in [1.54, 1.807) is 36.1 Å². The highest BCUT2D eigenvalue weighted by molar-refractivity contribution is 5.95. The van der Waals surface area contributed by atoms with Crippen LogP contribution in [0.5, 0.6) is 5.75 Å². The number of anilines is 2. The molecule has 2 aromatic rings. The van der Waals surface area contributed by atoms with E-state index >= 15 is 0 Å². The first-order chi connectivity index (χ1) is 12.5. The summed E-state index contributed by atoms with van der Waals surface area (Å²) < 4.78 is 10.5. The van der Waals surface area contributed by atoms with Crippen molar-refractivity contribution in [3.05, 3.63) is 54.6 Å². The fourth-order valence-corrected chi connectivity index (χ4v) is 2.48. The van der Waals surface area contributed by atoms with Crippen molar-refractivity contribution in [1.29, 1.82) is 0 Å². The van der Waals surface area contributed by atoms with Crippen molar-refractivity contribution in [1.82, 2.24) is 0 Å². The van der Waals surface area contributed by atoms with Crippen molar-refractivity contribution in [2.75, 3.05) is 23.4 Å². The summed E-state index contributed by atoms with van der Waals surface area (Å²) in [4.78, 5) is 25.8. The fraction of sp³-hybridized carbons (Fsp3) is 0.300. The van der Waals surface area contributed by atoms with Crippen molar-refractivity contribution in [3.8, 4) is 5.75 Å². The number of rotatable bonds is 7. The van der Waals surface area contributed by atoms with E-state index in [0.29, 0.717) is 18.0 Å². The number of amides is 2. The van der Waals surface area contributed by atoms with Crippen LogP contribution in [-0.4, -0.2) is 31.3 Å². The zero-order valence-electron chi connectivity index (χ0n) is 15.3. The van der Waals surface area contributed by atoms with E-state index in [-0.39, 0.29) is 18.6 Å². The third-order valence-corrected chi connectivity index (χ3v) is 3.54. The normalized spacial score (nSPS) is 10.3. The number of benzene rings is 2. The Hall–Kier alpha value is -3.02. The molecule has 6 nitrogen and oxygen atoms in total. The molecule has 0 radical (unpaired) electrons. The molecule has 0 aromatic heterocycles. The summed E-state index contributed by atoms with van der Waals surface area (Å²) in [5.74, 6) is 0.347. The molecule has 0 fully saturated rings. The van der Waals surface area contributed by atoms with E-state index < -0.39 is 6.09 Å². The van der Waals surface area contributed by atoms with Crippen LogP contribution >= 0.6 is 0 Å². The quantitative estimate of drug-likeness (QED) is 0.812. The van der Waals surface area contributed by atoms with Crippen LogP contribution in [-0.2, 0) is 9.53 Å². The highest BCUT2D eigenvalue weighted by atomic mass is 16.5. The maximum absolute atomic E-state index is 12.6. The van der Waals surface area contributed by atoms with Crippen LogP contribution in [0.25, 0.3) is 0 Å². The highest BCUT2D eigenvalue weighted by Crippen LogP contribution is 2.20. The number of carbonyl (C=O) groups is 2. The molecule has 0 heterocycles. The van der Waals surface area contributed by atoms with E-state index in [9.17, 15) is 9.59 Å². The van der Waals surface area contributed by atoms with Gasteiger partial charge in [0.1, 0.15) is 5.75 Å². The lowest BCUT2D eigenvalue weighted by atomic mass is 10.2. The zero-order chi connectivity index (χ0) is 18.9. The van der Waals surface area contributed by atoms with Gasteiger partial charge >= 0.3 is 6.09 Å². The molecular formula is C20H24N2O4. The van der Waals surface area contributed by atoms with Gasteiger partial charge in [-0.3, -0.25) is 10.1 Å². The van der Waals surface area contributed by atoms with E-state index in [4.69, 9.17) is 9.47 Å². The molecule has 0 saturated carbocycles. The smallest absolute Gasteiger partial charge is 0.411 e. The van der Waals surface area contributed by atoms with Gasteiger partial charge in [0.15, 0.2) is 6.61 Å². The first-order valence-electron chi connectivity index (χ1n) is 8.55. The fourth-order valence-electron chi connectivity index (χ4n) is 2.48. The Morgan fingerprint density at radius 3 is 2.46 bits per heavy atom. The largest absolute Gasteiger partial charge is 0.484 e. The number of nitrogens with one attached hydrogen (secondary N) is 1. The number of nitrogens with zero attached hydrogens (tertiary/aromatic N) is 1. The van der Waals surface area contributed by atoms with Gasteiger partial charge in [-0.05, 0) is 45.0 Å². The van der Waals surface area contributed by atoms with Crippen molar-refractivity contribution in [2.24, 2.45) is 0 Å². The van der Waals surface area contributed by atoms with Gasteiger partial charge in [-0.25, -0.2) is 4.79 Å². The average Bonchev–Trinajstić information content (AvgIpc) is 2.61. The van der Waals surface area contributed by atoms with Crippen LogP contribution in [0.15, 0.2) is 54.6 Å². The molecule has 0 unspecified atom stereocenters. The van der Waals surface area contributed by atoms with E-state index in [0.717, 1.165) is 5.69 Å². The Morgan fingerprint density at radius 1 is 1.08 bits per heavy atom. The Labute approximate surface area is 153 Å². The van der Waals surface area contributed by atoms with Gasteiger partial charge in [-0.2, -0.15) is 0 Å². The van der Waals surface area contributed by atoms with Crippen molar-refractivity contribution < 1.29 is 19.1 Å². The van der Waals surface area contributed by atoms with Gasteiger partial charge in [-0.1, -0.05) is 24.3 Å². The molecule has 2 amide bonds. The molecule has 0 spiro atoms. The minimum Gasteiger partial charge on any atom is -0.484 e. The topological polar surface area (TPSA) is 67.9 Å². The summed E-state index contributed by atoms with van der Waals surface area (Å²) in [6.45, 7) is 5.83. The average molecular weight is 356 g/mol. The van der Waals surface area contributed by atoms with Crippen LogP contribution in [0.2, 0.25) is 0 Å². The predicted octanol–water partition coefficient (Wildman–Crippen LogP) is 4.08. The van der Waals surface area contributed by atoms with Gasteiger partial charge in [0, 0.05) is 23.5 Å². The molecule has 0 aliphatic rings. The molecule has 2 aromatic carbocycles. The lowest BCUT2D eigenvalue weighted by Gasteiger charge is -2.26. The Morgan fingerprint density at radius 2 is 1.81 bits per heavy atom. The number of hydrogen-bond acceptors (Lipinski definition) is 4. The van der Waals surface area contributed by atoms with Crippen LogP contribution in [0.3, 0.4) is 0 Å². The number of ether oxygens (including phenoxy) is 2. The third-order valence-electron chi connectivity index (χ3n) is 3.54. The first kappa shape index (κ1) is 19.3. The first-order valence-corrected chi connectivity index (χ1v) is 8.55. The van der Waals surface area contributed by atoms with Gasteiger partial charge in [0.05, 0.1) is 6.61 Å². The van der Waals surface area contributed by atoms with Crippen LogP contribution < -0.4 is 15.0 Å². The van der Waals surface area contributed by atoms with Gasteiger partial charge in [0.2, 0.25) is 0 Å². The minimum atomic E-state index is -0.532. The maximum Gasteiger partial charge on any atom is 0.411 e. The lowest BCUT2D eigenvalue weighted by molar-refractivity contribution is -0.120.